The molecule has 0 aliphatic rings. The second-order valence-corrected chi connectivity index (χ2v) is 7.66. The fourth-order valence-corrected chi connectivity index (χ4v) is 3.79. The van der Waals surface area contributed by atoms with E-state index in [1.807, 2.05) is 13.0 Å². The molecule has 3 aromatic rings. The van der Waals surface area contributed by atoms with Gasteiger partial charge in [0, 0.05) is 41.2 Å². The van der Waals surface area contributed by atoms with Gasteiger partial charge >= 0.3 is 0 Å². The van der Waals surface area contributed by atoms with E-state index in [1.165, 1.54) is 38.2 Å². The van der Waals surface area contributed by atoms with E-state index in [-0.39, 0.29) is 23.6 Å². The van der Waals surface area contributed by atoms with Crippen molar-refractivity contribution in [2.45, 2.75) is 24.4 Å². The van der Waals surface area contributed by atoms with Gasteiger partial charge in [0.15, 0.2) is 22.4 Å². The van der Waals surface area contributed by atoms with Gasteiger partial charge in [-0.15, -0.1) is 0 Å². The number of amides is 1. The molecule has 1 N–H and O–H groups in total. The maximum atomic E-state index is 12.7. The number of methoxy groups -OCH3 is 3. The van der Waals surface area contributed by atoms with Crippen LogP contribution in [0.15, 0.2) is 52.7 Å². The molecule has 1 amide bonds. The number of pyridine rings is 1. The molecule has 32 heavy (non-hydrogen) atoms. The Bertz CT molecular complexity index is 1170. The van der Waals surface area contributed by atoms with E-state index < -0.39 is 0 Å². The number of nitrogens with one attached hydrogen (secondary N) is 1. The second-order valence-electron chi connectivity index (χ2n) is 6.71. The van der Waals surface area contributed by atoms with Crippen LogP contribution in [0.1, 0.15) is 11.4 Å². The van der Waals surface area contributed by atoms with Crippen LogP contribution >= 0.6 is 11.8 Å². The average molecular weight is 457 g/mol. The largest absolute Gasteiger partial charge is 0.493 e. The quantitative estimate of drug-likeness (QED) is 0.387. The predicted octanol–water partition coefficient (Wildman–Crippen LogP) is 2.90. The normalized spacial score (nSPS) is 10.5. The van der Waals surface area contributed by atoms with Gasteiger partial charge in [-0.3, -0.25) is 9.59 Å². The van der Waals surface area contributed by atoms with E-state index in [0.29, 0.717) is 33.8 Å². The number of anilines is 1. The van der Waals surface area contributed by atoms with Crippen molar-refractivity contribution in [1.82, 2.24) is 14.5 Å². The fraction of sp³-hybridized carbons (Fsp3) is 0.273. The van der Waals surface area contributed by atoms with Crippen molar-refractivity contribution in [3.63, 3.8) is 0 Å². The summed E-state index contributed by atoms with van der Waals surface area (Å²) < 4.78 is 17.3. The first-order valence-electron chi connectivity index (χ1n) is 9.65. The number of hydrogen-bond acceptors (Lipinski definition) is 8. The molecule has 0 saturated heterocycles. The molecule has 0 saturated carbocycles. The van der Waals surface area contributed by atoms with Crippen LogP contribution in [-0.4, -0.2) is 41.8 Å². The van der Waals surface area contributed by atoms with E-state index >= 15 is 0 Å². The van der Waals surface area contributed by atoms with Crippen LogP contribution in [-0.2, 0) is 17.1 Å². The first-order chi connectivity index (χ1) is 15.4. The van der Waals surface area contributed by atoms with Crippen LogP contribution in [0.25, 0.3) is 0 Å². The molecule has 168 valence electrons. The van der Waals surface area contributed by atoms with Gasteiger partial charge in [-0.1, -0.05) is 11.8 Å². The van der Waals surface area contributed by atoms with Crippen molar-refractivity contribution >= 4 is 23.4 Å². The zero-order valence-electron chi connectivity index (χ0n) is 18.2. The highest BCUT2D eigenvalue weighted by Crippen LogP contribution is 2.29. The van der Waals surface area contributed by atoms with Crippen LogP contribution in [0.5, 0.6) is 17.2 Å². The summed E-state index contributed by atoms with van der Waals surface area (Å²) in [6.45, 7) is 1.86. The lowest BCUT2D eigenvalue weighted by molar-refractivity contribution is -0.116. The third kappa shape index (κ3) is 5.79. The molecule has 2 aromatic heterocycles. The number of aryl methyl sites for hydroxylation is 1. The summed E-state index contributed by atoms with van der Waals surface area (Å²) in [5, 5.41) is 3.42. The van der Waals surface area contributed by atoms with Crippen LogP contribution in [0.2, 0.25) is 0 Å². The Morgan fingerprint density at radius 2 is 1.81 bits per heavy atom. The molecule has 9 nitrogen and oxygen atoms in total. The number of rotatable bonds is 9. The zero-order valence-corrected chi connectivity index (χ0v) is 19.1. The summed E-state index contributed by atoms with van der Waals surface area (Å²) in [7, 11) is 4.49. The first-order valence-corrected chi connectivity index (χ1v) is 10.6. The zero-order chi connectivity index (χ0) is 23.1. The molecule has 0 unspecified atom stereocenters. The van der Waals surface area contributed by atoms with Crippen molar-refractivity contribution in [3.8, 4) is 17.2 Å². The number of hydrogen-bond donors (Lipinski definition) is 1. The third-order valence-corrected chi connectivity index (χ3v) is 5.40. The molecule has 0 bridgehead atoms. The van der Waals surface area contributed by atoms with Crippen molar-refractivity contribution in [3.05, 3.63) is 64.3 Å². The van der Waals surface area contributed by atoms with Gasteiger partial charge in [0.2, 0.25) is 11.3 Å². The molecule has 0 fully saturated rings. The monoisotopic (exact) mass is 456 g/mol. The number of thioether (sulfide) groups is 1. The Kier molecular flexibility index (Phi) is 7.72. The van der Waals surface area contributed by atoms with Gasteiger partial charge < -0.3 is 24.1 Å². The molecule has 0 spiro atoms. The van der Waals surface area contributed by atoms with Crippen molar-refractivity contribution in [1.29, 1.82) is 0 Å². The van der Waals surface area contributed by atoms with Gasteiger partial charge in [-0.25, -0.2) is 9.97 Å². The minimum atomic E-state index is -0.277. The smallest absolute Gasteiger partial charge is 0.244 e. The molecular formula is C22H24N4O5S. The molecule has 0 aliphatic carbocycles. The lowest BCUT2D eigenvalue weighted by Gasteiger charge is -2.15. The van der Waals surface area contributed by atoms with Crippen molar-refractivity contribution in [2.24, 2.45) is 0 Å². The van der Waals surface area contributed by atoms with Gasteiger partial charge in [0.05, 0.1) is 27.5 Å². The first kappa shape index (κ1) is 23.1. The molecule has 0 aliphatic heterocycles. The van der Waals surface area contributed by atoms with Gasteiger partial charge in [-0.05, 0) is 25.1 Å². The molecule has 1 aromatic carbocycles. The van der Waals surface area contributed by atoms with E-state index in [2.05, 4.69) is 15.3 Å². The van der Waals surface area contributed by atoms with Crippen molar-refractivity contribution < 1.29 is 19.0 Å². The number of aromatic nitrogens is 3. The number of benzene rings is 1. The molecule has 0 radical (unpaired) electrons. The number of carbonyl (C=O) groups is 1. The minimum absolute atomic E-state index is 0.0183. The third-order valence-electron chi connectivity index (χ3n) is 4.51. The van der Waals surface area contributed by atoms with Crippen LogP contribution in [0.3, 0.4) is 0 Å². The average Bonchev–Trinajstić information content (AvgIpc) is 2.78. The number of ether oxygens (including phenoxy) is 3. The van der Waals surface area contributed by atoms with E-state index in [4.69, 9.17) is 14.2 Å². The number of carbonyl (C=O) groups excluding carboxylic acids is 1. The molecule has 10 heteroatoms. The Labute approximate surface area is 189 Å². The Morgan fingerprint density at radius 1 is 1.06 bits per heavy atom. The van der Waals surface area contributed by atoms with Crippen LogP contribution < -0.4 is 25.0 Å². The van der Waals surface area contributed by atoms with Crippen LogP contribution in [0, 0.1) is 6.92 Å². The predicted molar refractivity (Wildman–Crippen MR) is 122 cm³/mol. The van der Waals surface area contributed by atoms with Gasteiger partial charge in [0.25, 0.3) is 0 Å². The highest BCUT2D eigenvalue weighted by Gasteiger charge is 2.13. The molecule has 2 heterocycles. The Hall–Kier alpha value is -3.53. The van der Waals surface area contributed by atoms with E-state index in [9.17, 15) is 9.59 Å². The van der Waals surface area contributed by atoms with Gasteiger partial charge in [0.1, 0.15) is 6.54 Å². The summed E-state index contributed by atoms with van der Waals surface area (Å²) in [6.07, 6.45) is 3.21. The summed E-state index contributed by atoms with van der Waals surface area (Å²) >= 11 is 1.38. The molecular weight excluding hydrogens is 432 g/mol. The molecule has 3 rings (SSSR count). The van der Waals surface area contributed by atoms with E-state index in [1.54, 1.807) is 36.1 Å². The summed E-state index contributed by atoms with van der Waals surface area (Å²) in [5.41, 5.74) is 1.80. The summed E-state index contributed by atoms with van der Waals surface area (Å²) in [6, 6.07) is 8.38. The Balaban J connectivity index is 1.79. The van der Waals surface area contributed by atoms with Crippen molar-refractivity contribution in [2.75, 3.05) is 26.6 Å². The van der Waals surface area contributed by atoms with Crippen LogP contribution in [0.4, 0.5) is 5.69 Å². The minimum Gasteiger partial charge on any atom is -0.493 e. The standard InChI is InChI=1S/C22H24N4O5S/c1-14-7-8-23-22(24-14)32-13-16-10-17(27)20(31-4)11-26(16)12-21(28)25-15-5-6-18(29-2)19(9-15)30-3/h5-11H,12-13H2,1-4H3,(H,25,28). The maximum Gasteiger partial charge on any atom is 0.244 e. The highest BCUT2D eigenvalue weighted by atomic mass is 32.2. The Morgan fingerprint density at radius 3 is 2.50 bits per heavy atom. The summed E-state index contributed by atoms with van der Waals surface area (Å²) in [4.78, 5) is 33.6. The topological polar surface area (TPSA) is 105 Å². The van der Waals surface area contributed by atoms with Gasteiger partial charge in [-0.2, -0.15) is 0 Å². The fourth-order valence-electron chi connectivity index (χ4n) is 2.92. The summed E-state index contributed by atoms with van der Waals surface area (Å²) in [5.74, 6) is 1.36. The lowest BCUT2D eigenvalue weighted by atomic mass is 10.2. The highest BCUT2D eigenvalue weighted by molar-refractivity contribution is 7.98. The van der Waals surface area contributed by atoms with E-state index in [0.717, 1.165) is 5.69 Å². The SMILES string of the molecule is COc1ccc(NC(=O)Cn2cc(OC)c(=O)cc2CSc2nccc(C)n2)cc1OC. The lowest BCUT2D eigenvalue weighted by Crippen LogP contribution is -2.22. The number of nitrogens with zero attached hydrogens (tertiary/aromatic N) is 3. The molecule has 0 atom stereocenters. The second kappa shape index (κ2) is 10.7. The maximum absolute atomic E-state index is 12.7.